The zero-order valence-electron chi connectivity index (χ0n) is 20.6. The first-order valence-electron chi connectivity index (χ1n) is 11.7. The van der Waals surface area contributed by atoms with E-state index in [1.165, 1.54) is 12.7 Å². The first-order chi connectivity index (χ1) is 15.1. The highest BCUT2D eigenvalue weighted by molar-refractivity contribution is 5.75. The van der Waals surface area contributed by atoms with Crippen molar-refractivity contribution >= 4 is 5.97 Å². The topological polar surface area (TPSA) is 102 Å². The standard InChI is InChI=1S/C24H41NO7/c1-14(2)8-9-18-23(5,32-18)20-19(28-6)17(10-11-24(20)13-30-24)31-22(27)25-16(12-15(3)4)21(26)29-7/h8,15-20,22,25,27H,9-13H2,1-7H3/t16-,17-,18-,19-,20-,22+,23+,24+/m1/s1. The minimum Gasteiger partial charge on any atom is -0.468 e. The van der Waals surface area contributed by atoms with E-state index in [0.29, 0.717) is 19.4 Å². The fraction of sp³-hybridized carbons (Fsp3) is 0.875. The van der Waals surface area contributed by atoms with Gasteiger partial charge in [-0.1, -0.05) is 25.5 Å². The third-order valence-electron chi connectivity index (χ3n) is 7.08. The summed E-state index contributed by atoms with van der Waals surface area (Å²) in [5.74, 6) is -0.174. The molecule has 1 saturated carbocycles. The summed E-state index contributed by atoms with van der Waals surface area (Å²) in [5, 5.41) is 13.5. The van der Waals surface area contributed by atoms with Gasteiger partial charge in [0.15, 0.2) is 0 Å². The molecule has 2 aliphatic heterocycles. The van der Waals surface area contributed by atoms with Gasteiger partial charge in [-0.05, 0) is 52.4 Å². The molecule has 8 atom stereocenters. The lowest BCUT2D eigenvalue weighted by Crippen LogP contribution is -2.57. The molecule has 0 aromatic carbocycles. The Balaban J connectivity index is 1.69. The predicted molar refractivity (Wildman–Crippen MR) is 119 cm³/mol. The first kappa shape index (κ1) is 25.6. The van der Waals surface area contributed by atoms with Gasteiger partial charge in [0.2, 0.25) is 6.41 Å². The molecule has 2 heterocycles. The molecule has 1 aliphatic carbocycles. The van der Waals surface area contributed by atoms with E-state index in [0.717, 1.165) is 12.8 Å². The van der Waals surface area contributed by atoms with Gasteiger partial charge in [0.25, 0.3) is 0 Å². The van der Waals surface area contributed by atoms with Crippen LogP contribution in [0.5, 0.6) is 0 Å². The summed E-state index contributed by atoms with van der Waals surface area (Å²) in [7, 11) is 3.01. The molecule has 1 spiro atoms. The summed E-state index contributed by atoms with van der Waals surface area (Å²) in [6.07, 6.45) is 3.23. The van der Waals surface area contributed by atoms with Crippen LogP contribution >= 0.6 is 0 Å². The number of esters is 1. The Kier molecular flexibility index (Phi) is 8.06. The van der Waals surface area contributed by atoms with Crippen molar-refractivity contribution in [3.8, 4) is 0 Å². The number of methoxy groups -OCH3 is 2. The monoisotopic (exact) mass is 455 g/mol. The van der Waals surface area contributed by atoms with Crippen LogP contribution in [-0.2, 0) is 28.5 Å². The smallest absolute Gasteiger partial charge is 0.323 e. The summed E-state index contributed by atoms with van der Waals surface area (Å²) in [6.45, 7) is 11.0. The van der Waals surface area contributed by atoms with E-state index in [2.05, 4.69) is 32.2 Å². The van der Waals surface area contributed by atoms with E-state index in [9.17, 15) is 9.90 Å². The number of epoxide rings is 2. The summed E-state index contributed by atoms with van der Waals surface area (Å²) < 4.78 is 29.0. The van der Waals surface area contributed by atoms with Crippen molar-refractivity contribution in [2.75, 3.05) is 20.8 Å². The highest BCUT2D eigenvalue weighted by atomic mass is 16.7. The molecule has 0 aromatic rings. The second-order valence-corrected chi connectivity index (χ2v) is 10.3. The highest BCUT2D eigenvalue weighted by Crippen LogP contribution is 2.59. The van der Waals surface area contributed by atoms with Crippen LogP contribution < -0.4 is 5.32 Å². The van der Waals surface area contributed by atoms with Crippen LogP contribution in [0.3, 0.4) is 0 Å². The molecule has 3 aliphatic rings. The minimum absolute atomic E-state index is 0.00594. The third-order valence-corrected chi connectivity index (χ3v) is 7.08. The summed E-state index contributed by atoms with van der Waals surface area (Å²) in [5.41, 5.74) is 0.652. The van der Waals surface area contributed by atoms with Gasteiger partial charge in [0.05, 0.1) is 43.5 Å². The maximum Gasteiger partial charge on any atom is 0.323 e. The van der Waals surface area contributed by atoms with Crippen LogP contribution in [0.1, 0.15) is 60.3 Å². The van der Waals surface area contributed by atoms with Crippen LogP contribution in [0.4, 0.5) is 0 Å². The maximum absolute atomic E-state index is 12.1. The van der Waals surface area contributed by atoms with Gasteiger partial charge in [-0.15, -0.1) is 0 Å². The van der Waals surface area contributed by atoms with Gasteiger partial charge in [-0.25, -0.2) is 0 Å². The molecule has 0 aromatic heterocycles. The number of rotatable bonds is 11. The summed E-state index contributed by atoms with van der Waals surface area (Å²) >= 11 is 0. The normalized spacial score (nSPS) is 37.8. The fourth-order valence-electron chi connectivity index (χ4n) is 5.31. The average Bonchev–Trinajstić information content (AvgIpc) is 3.63. The van der Waals surface area contributed by atoms with E-state index >= 15 is 0 Å². The molecule has 0 radical (unpaired) electrons. The quantitative estimate of drug-likeness (QED) is 0.212. The Bertz CT molecular complexity index is 688. The van der Waals surface area contributed by atoms with E-state index in [4.69, 9.17) is 23.7 Å². The van der Waals surface area contributed by atoms with Gasteiger partial charge >= 0.3 is 5.97 Å². The molecule has 3 rings (SSSR count). The molecule has 0 unspecified atom stereocenters. The number of hydrogen-bond acceptors (Lipinski definition) is 8. The molecule has 2 saturated heterocycles. The number of aliphatic hydroxyl groups is 1. The van der Waals surface area contributed by atoms with Crippen LogP contribution in [0.15, 0.2) is 11.6 Å². The number of allylic oxidation sites excluding steroid dienone is 1. The van der Waals surface area contributed by atoms with E-state index in [-0.39, 0.29) is 41.3 Å². The van der Waals surface area contributed by atoms with Gasteiger partial charge in [0.1, 0.15) is 11.6 Å². The van der Waals surface area contributed by atoms with E-state index in [1.54, 1.807) is 7.11 Å². The highest BCUT2D eigenvalue weighted by Gasteiger charge is 2.72. The third kappa shape index (κ3) is 5.54. The van der Waals surface area contributed by atoms with Crippen molar-refractivity contribution in [3.63, 3.8) is 0 Å². The number of hydrogen-bond donors (Lipinski definition) is 2. The second kappa shape index (κ2) is 10.1. The number of carbonyl (C=O) groups excluding carboxylic acids is 1. The Morgan fingerprint density at radius 3 is 2.53 bits per heavy atom. The number of nitrogens with one attached hydrogen (secondary N) is 1. The Morgan fingerprint density at radius 2 is 2.00 bits per heavy atom. The van der Waals surface area contributed by atoms with Crippen LogP contribution in [0.25, 0.3) is 0 Å². The molecule has 8 heteroatoms. The molecule has 0 bridgehead atoms. The van der Waals surface area contributed by atoms with Gasteiger partial charge < -0.3 is 28.8 Å². The molecule has 0 amide bonds. The fourth-order valence-corrected chi connectivity index (χ4v) is 5.31. The molecule has 32 heavy (non-hydrogen) atoms. The van der Waals surface area contributed by atoms with Gasteiger partial charge in [-0.3, -0.25) is 10.1 Å². The SMILES string of the molecule is COC(=O)[C@@H](CC(C)C)N[C@@H](O)O[C@@H]1CC[C@]2(CO2)[C@@H]([C@@]2(C)O[C@@H]2CC=C(C)C)[C@@H]1OC. The molecule has 8 nitrogen and oxygen atoms in total. The lowest BCUT2D eigenvalue weighted by atomic mass is 9.68. The van der Waals surface area contributed by atoms with Crippen LogP contribution in [0, 0.1) is 11.8 Å². The molecular formula is C24H41NO7. The number of aliphatic hydroxyl groups excluding tert-OH is 1. The van der Waals surface area contributed by atoms with Crippen molar-refractivity contribution < 1.29 is 33.6 Å². The van der Waals surface area contributed by atoms with Crippen molar-refractivity contribution in [1.29, 1.82) is 0 Å². The predicted octanol–water partition coefficient (Wildman–Crippen LogP) is 2.53. The average molecular weight is 456 g/mol. The molecule has 3 fully saturated rings. The zero-order valence-corrected chi connectivity index (χ0v) is 20.6. The molecule has 184 valence electrons. The van der Waals surface area contributed by atoms with E-state index < -0.39 is 18.4 Å². The van der Waals surface area contributed by atoms with Gasteiger partial charge in [0, 0.05) is 7.11 Å². The van der Waals surface area contributed by atoms with Crippen molar-refractivity contribution in [3.05, 3.63) is 11.6 Å². The second-order valence-electron chi connectivity index (χ2n) is 10.3. The Morgan fingerprint density at radius 1 is 1.31 bits per heavy atom. The van der Waals surface area contributed by atoms with Crippen molar-refractivity contribution in [2.24, 2.45) is 11.8 Å². The first-order valence-corrected chi connectivity index (χ1v) is 11.7. The zero-order chi connectivity index (χ0) is 23.7. The largest absolute Gasteiger partial charge is 0.468 e. The van der Waals surface area contributed by atoms with Crippen LogP contribution in [0.2, 0.25) is 0 Å². The van der Waals surface area contributed by atoms with E-state index in [1.807, 2.05) is 13.8 Å². The molecular weight excluding hydrogens is 414 g/mol. The lowest BCUT2D eigenvalue weighted by molar-refractivity contribution is -0.218. The number of ether oxygens (including phenoxy) is 5. The maximum atomic E-state index is 12.1. The van der Waals surface area contributed by atoms with Crippen LogP contribution in [-0.4, -0.2) is 73.9 Å². The van der Waals surface area contributed by atoms with Gasteiger partial charge in [-0.2, -0.15) is 0 Å². The van der Waals surface area contributed by atoms with Crippen molar-refractivity contribution in [1.82, 2.24) is 5.32 Å². The molecule has 2 N–H and O–H groups in total. The lowest BCUT2D eigenvalue weighted by Gasteiger charge is -2.43. The Labute approximate surface area is 191 Å². The summed E-state index contributed by atoms with van der Waals surface area (Å²) in [4.78, 5) is 12.1. The van der Waals surface area contributed by atoms with Crippen molar-refractivity contribution in [2.45, 2.75) is 102 Å². The Hall–Kier alpha value is -1.03. The minimum atomic E-state index is -1.32. The number of carbonyl (C=O) groups is 1. The summed E-state index contributed by atoms with van der Waals surface area (Å²) in [6, 6.07) is -0.647.